The van der Waals surface area contributed by atoms with E-state index >= 15 is 0 Å². The normalized spacial score (nSPS) is 19.9. The zero-order valence-corrected chi connectivity index (χ0v) is 18.5. The van der Waals surface area contributed by atoms with E-state index < -0.39 is 0 Å². The topological polar surface area (TPSA) is 78.0 Å². The predicted octanol–water partition coefficient (Wildman–Crippen LogP) is 2.27. The van der Waals surface area contributed by atoms with Crippen LogP contribution < -0.4 is 20.7 Å². The molecule has 0 bridgehead atoms. The third-order valence-electron chi connectivity index (χ3n) is 5.81. The van der Waals surface area contributed by atoms with Crippen LogP contribution in [0.1, 0.15) is 51.0 Å². The molecule has 7 heteroatoms. The van der Waals surface area contributed by atoms with Crippen LogP contribution in [0.25, 0.3) is 0 Å². The van der Waals surface area contributed by atoms with Crippen LogP contribution in [0.4, 0.5) is 0 Å². The minimum absolute atomic E-state index is 0.0513. The Kier molecular flexibility index (Phi) is 8.81. The zero-order chi connectivity index (χ0) is 21.2. The lowest BCUT2D eigenvalue weighted by Crippen LogP contribution is -2.45. The molecule has 1 atom stereocenters. The van der Waals surface area contributed by atoms with Gasteiger partial charge in [-0.3, -0.25) is 14.7 Å². The molecular weight excluding hydrogens is 378 g/mol. The number of aliphatic imine (C=N–C) groups is 1. The number of guanidine groups is 1. The van der Waals surface area contributed by atoms with E-state index in [1.807, 2.05) is 24.3 Å². The van der Waals surface area contributed by atoms with Crippen molar-refractivity contribution in [2.75, 3.05) is 33.3 Å². The van der Waals surface area contributed by atoms with Crippen LogP contribution >= 0.6 is 0 Å². The van der Waals surface area contributed by atoms with Gasteiger partial charge in [0.1, 0.15) is 5.75 Å². The third kappa shape index (κ3) is 7.52. The molecule has 3 rings (SSSR count). The van der Waals surface area contributed by atoms with Crippen molar-refractivity contribution in [3.63, 3.8) is 0 Å². The van der Waals surface area contributed by atoms with Gasteiger partial charge in [-0.25, -0.2) is 0 Å². The molecule has 2 fully saturated rings. The lowest BCUT2D eigenvalue weighted by Gasteiger charge is -2.35. The highest BCUT2D eigenvalue weighted by atomic mass is 16.5. The first-order chi connectivity index (χ1) is 14.7. The number of ether oxygens (including phenoxy) is 1. The van der Waals surface area contributed by atoms with Crippen molar-refractivity contribution >= 4 is 11.9 Å². The molecule has 1 amide bonds. The maximum atomic E-state index is 11.8. The van der Waals surface area contributed by atoms with Gasteiger partial charge in [0, 0.05) is 38.8 Å². The number of carbonyl (C=O) groups is 1. The maximum absolute atomic E-state index is 11.8. The number of piperidine rings is 1. The van der Waals surface area contributed by atoms with E-state index in [0.717, 1.165) is 43.5 Å². The van der Waals surface area contributed by atoms with Crippen LogP contribution in [0.3, 0.4) is 0 Å². The maximum Gasteiger partial charge on any atom is 0.258 e. The van der Waals surface area contributed by atoms with E-state index in [9.17, 15) is 4.79 Å². The van der Waals surface area contributed by atoms with Gasteiger partial charge in [-0.2, -0.15) is 0 Å². The molecule has 166 valence electrons. The summed E-state index contributed by atoms with van der Waals surface area (Å²) in [4.78, 5) is 18.7. The second-order valence-electron chi connectivity index (χ2n) is 8.22. The Morgan fingerprint density at radius 2 is 2.10 bits per heavy atom. The number of nitrogens with one attached hydrogen (secondary N) is 3. The van der Waals surface area contributed by atoms with Crippen LogP contribution in [0.5, 0.6) is 5.75 Å². The summed E-state index contributed by atoms with van der Waals surface area (Å²) < 4.78 is 5.63. The average Bonchev–Trinajstić information content (AvgIpc) is 3.59. The molecule has 1 aromatic rings. The number of likely N-dealkylation sites (tertiary alicyclic amines) is 1. The van der Waals surface area contributed by atoms with Crippen molar-refractivity contribution in [3.05, 3.63) is 29.8 Å². The summed E-state index contributed by atoms with van der Waals surface area (Å²) in [6, 6.07) is 8.91. The Labute approximate surface area is 180 Å². The van der Waals surface area contributed by atoms with Crippen LogP contribution in [0.15, 0.2) is 29.3 Å². The van der Waals surface area contributed by atoms with Gasteiger partial charge in [-0.15, -0.1) is 0 Å². The van der Waals surface area contributed by atoms with Crippen molar-refractivity contribution in [3.8, 4) is 5.75 Å². The molecule has 0 radical (unpaired) electrons. The van der Waals surface area contributed by atoms with Crippen molar-refractivity contribution in [1.29, 1.82) is 0 Å². The molecule has 1 saturated heterocycles. The van der Waals surface area contributed by atoms with Crippen LogP contribution in [0.2, 0.25) is 0 Å². The molecule has 1 aromatic carbocycles. The average molecular weight is 416 g/mol. The number of hydrogen-bond donors (Lipinski definition) is 3. The molecule has 0 aromatic heterocycles. The minimum atomic E-state index is -0.0513. The Bertz CT molecular complexity index is 705. The van der Waals surface area contributed by atoms with Gasteiger partial charge in [0.05, 0.1) is 0 Å². The molecule has 2 aliphatic rings. The van der Waals surface area contributed by atoms with Crippen molar-refractivity contribution in [2.45, 2.75) is 64.1 Å². The fourth-order valence-corrected chi connectivity index (χ4v) is 3.93. The number of amides is 1. The molecule has 1 unspecified atom stereocenters. The number of carbonyl (C=O) groups excluding carboxylic acids is 1. The third-order valence-corrected chi connectivity index (χ3v) is 5.81. The largest absolute Gasteiger partial charge is 0.484 e. The van der Waals surface area contributed by atoms with Crippen LogP contribution in [-0.4, -0.2) is 62.1 Å². The van der Waals surface area contributed by atoms with E-state index in [1.165, 1.54) is 32.2 Å². The number of benzene rings is 1. The molecule has 0 spiro atoms. The van der Waals surface area contributed by atoms with Gasteiger partial charge < -0.3 is 20.7 Å². The highest BCUT2D eigenvalue weighted by Gasteiger charge is 2.23. The number of nitrogens with zero attached hydrogens (tertiary/aromatic N) is 2. The fourth-order valence-electron chi connectivity index (χ4n) is 3.93. The summed E-state index contributed by atoms with van der Waals surface area (Å²) in [5.74, 6) is 1.46. The molecule has 30 heavy (non-hydrogen) atoms. The lowest BCUT2D eigenvalue weighted by molar-refractivity contribution is -0.123. The predicted molar refractivity (Wildman–Crippen MR) is 121 cm³/mol. The van der Waals surface area contributed by atoms with Crippen LogP contribution in [0, 0.1) is 0 Å². The Balaban J connectivity index is 1.38. The van der Waals surface area contributed by atoms with Crippen molar-refractivity contribution in [2.24, 2.45) is 4.99 Å². The molecule has 7 nitrogen and oxygen atoms in total. The summed E-state index contributed by atoms with van der Waals surface area (Å²) in [6.07, 6.45) is 7.39. The van der Waals surface area contributed by atoms with E-state index in [1.54, 1.807) is 7.05 Å². The molecule has 3 N–H and O–H groups in total. The highest BCUT2D eigenvalue weighted by Crippen LogP contribution is 2.19. The SMILES string of the molecule is CCC1CCCCN1CCNC(=NC)NCc1cccc(OCC(=O)NC2CC2)c1. The van der Waals surface area contributed by atoms with Gasteiger partial charge >= 0.3 is 0 Å². The second-order valence-corrected chi connectivity index (χ2v) is 8.22. The summed E-state index contributed by atoms with van der Waals surface area (Å²) >= 11 is 0. The fraction of sp³-hybridized carbons (Fsp3) is 0.652. The van der Waals surface area contributed by atoms with E-state index in [4.69, 9.17) is 4.74 Å². The first-order valence-corrected chi connectivity index (χ1v) is 11.4. The van der Waals surface area contributed by atoms with Gasteiger partial charge in [0.25, 0.3) is 5.91 Å². The van der Waals surface area contributed by atoms with Gasteiger partial charge in [-0.05, 0) is 56.3 Å². The van der Waals surface area contributed by atoms with E-state index in [2.05, 4.69) is 32.8 Å². The highest BCUT2D eigenvalue weighted by molar-refractivity contribution is 5.79. The van der Waals surface area contributed by atoms with Crippen molar-refractivity contribution in [1.82, 2.24) is 20.9 Å². The first-order valence-electron chi connectivity index (χ1n) is 11.4. The quantitative estimate of drug-likeness (QED) is 0.404. The Morgan fingerprint density at radius 1 is 1.23 bits per heavy atom. The molecule has 1 aliphatic carbocycles. The summed E-state index contributed by atoms with van der Waals surface area (Å²) in [5, 5.41) is 9.72. The molecule has 1 aliphatic heterocycles. The van der Waals surface area contributed by atoms with Crippen LogP contribution in [-0.2, 0) is 11.3 Å². The summed E-state index contributed by atoms with van der Waals surface area (Å²) in [7, 11) is 1.79. The van der Waals surface area contributed by atoms with Gasteiger partial charge in [-0.1, -0.05) is 25.5 Å². The lowest BCUT2D eigenvalue weighted by atomic mass is 10.0. The minimum Gasteiger partial charge on any atom is -0.484 e. The molecule has 1 heterocycles. The molecule has 1 saturated carbocycles. The van der Waals surface area contributed by atoms with Crippen molar-refractivity contribution < 1.29 is 9.53 Å². The number of hydrogen-bond acceptors (Lipinski definition) is 4. The Morgan fingerprint density at radius 3 is 2.87 bits per heavy atom. The second kappa shape index (κ2) is 11.8. The molecular formula is C23H37N5O2. The zero-order valence-electron chi connectivity index (χ0n) is 18.5. The number of rotatable bonds is 10. The standard InChI is InChI=1S/C23H37N5O2/c1-3-20-8-4-5-13-28(20)14-12-25-23(24-2)26-16-18-7-6-9-21(15-18)30-17-22(29)27-19-10-11-19/h6-7,9,15,19-20H,3-5,8,10-14,16-17H2,1-2H3,(H,27,29)(H2,24,25,26). The first kappa shape index (κ1) is 22.4. The Hall–Kier alpha value is -2.28. The van der Waals surface area contributed by atoms with E-state index in [-0.39, 0.29) is 12.5 Å². The van der Waals surface area contributed by atoms with Gasteiger partial charge in [0.15, 0.2) is 12.6 Å². The smallest absolute Gasteiger partial charge is 0.258 e. The summed E-state index contributed by atoms with van der Waals surface area (Å²) in [6.45, 7) is 6.13. The van der Waals surface area contributed by atoms with Gasteiger partial charge in [0.2, 0.25) is 0 Å². The van der Waals surface area contributed by atoms with E-state index in [0.29, 0.717) is 18.3 Å². The summed E-state index contributed by atoms with van der Waals surface area (Å²) in [5.41, 5.74) is 1.08. The monoisotopic (exact) mass is 415 g/mol.